The molecule has 0 aromatic heterocycles. The SMILES string of the molecule is CC1=CC(C)CC(C(C(=O)O)N2CCCNCC2)C1. The van der Waals surface area contributed by atoms with Crippen molar-refractivity contribution in [2.45, 2.75) is 39.2 Å². The fourth-order valence-electron chi connectivity index (χ4n) is 3.64. The molecule has 0 aromatic carbocycles. The van der Waals surface area contributed by atoms with E-state index in [9.17, 15) is 9.90 Å². The second-order valence-electron chi connectivity index (χ2n) is 6.11. The molecule has 1 heterocycles. The highest BCUT2D eigenvalue weighted by Crippen LogP contribution is 2.32. The Morgan fingerprint density at radius 1 is 1.47 bits per heavy atom. The van der Waals surface area contributed by atoms with Crippen LogP contribution in [-0.4, -0.2) is 48.2 Å². The monoisotopic (exact) mass is 266 g/mol. The molecule has 4 heteroatoms. The van der Waals surface area contributed by atoms with Crippen molar-refractivity contribution in [1.29, 1.82) is 0 Å². The highest BCUT2D eigenvalue weighted by Gasteiger charge is 2.35. The smallest absolute Gasteiger partial charge is 0.321 e. The zero-order chi connectivity index (χ0) is 13.8. The van der Waals surface area contributed by atoms with E-state index < -0.39 is 5.97 Å². The fourth-order valence-corrected chi connectivity index (χ4v) is 3.64. The van der Waals surface area contributed by atoms with Gasteiger partial charge in [-0.3, -0.25) is 9.69 Å². The number of hydrogen-bond acceptors (Lipinski definition) is 3. The predicted molar refractivity (Wildman–Crippen MR) is 76.1 cm³/mol. The first kappa shape index (κ1) is 14.5. The van der Waals surface area contributed by atoms with Gasteiger partial charge in [-0.25, -0.2) is 0 Å². The molecule has 108 valence electrons. The summed E-state index contributed by atoms with van der Waals surface area (Å²) in [5.74, 6) is 0.120. The third kappa shape index (κ3) is 3.80. The molecule has 0 amide bonds. The zero-order valence-electron chi connectivity index (χ0n) is 12.1. The molecule has 0 spiro atoms. The van der Waals surface area contributed by atoms with Crippen LogP contribution in [0, 0.1) is 11.8 Å². The molecular weight excluding hydrogens is 240 g/mol. The summed E-state index contributed by atoms with van der Waals surface area (Å²) in [6.45, 7) is 7.98. The van der Waals surface area contributed by atoms with E-state index in [1.807, 2.05) is 0 Å². The van der Waals surface area contributed by atoms with E-state index in [1.165, 1.54) is 5.57 Å². The highest BCUT2D eigenvalue weighted by atomic mass is 16.4. The minimum Gasteiger partial charge on any atom is -0.480 e. The third-order valence-corrected chi connectivity index (χ3v) is 4.30. The molecule has 2 N–H and O–H groups in total. The molecule has 0 bridgehead atoms. The average Bonchev–Trinajstić information content (AvgIpc) is 2.56. The van der Waals surface area contributed by atoms with E-state index in [4.69, 9.17) is 0 Å². The summed E-state index contributed by atoms with van der Waals surface area (Å²) in [4.78, 5) is 13.9. The van der Waals surface area contributed by atoms with Gasteiger partial charge < -0.3 is 10.4 Å². The lowest BCUT2D eigenvalue weighted by molar-refractivity contribution is -0.145. The number of allylic oxidation sites excluding steroid dienone is 2. The van der Waals surface area contributed by atoms with Crippen molar-refractivity contribution >= 4 is 5.97 Å². The van der Waals surface area contributed by atoms with Gasteiger partial charge in [0.15, 0.2) is 0 Å². The molecule has 2 aliphatic rings. The molecule has 4 nitrogen and oxygen atoms in total. The first-order valence-corrected chi connectivity index (χ1v) is 7.43. The van der Waals surface area contributed by atoms with Gasteiger partial charge in [0.25, 0.3) is 0 Å². The second-order valence-corrected chi connectivity index (χ2v) is 6.11. The van der Waals surface area contributed by atoms with Crippen molar-refractivity contribution in [2.75, 3.05) is 26.2 Å². The molecule has 1 fully saturated rings. The van der Waals surface area contributed by atoms with Crippen LogP contribution in [0.15, 0.2) is 11.6 Å². The predicted octanol–water partition coefficient (Wildman–Crippen LogP) is 1.73. The van der Waals surface area contributed by atoms with Crippen LogP contribution in [0.4, 0.5) is 0 Å². The van der Waals surface area contributed by atoms with E-state index in [0.717, 1.165) is 45.4 Å². The Morgan fingerprint density at radius 2 is 2.26 bits per heavy atom. The molecule has 1 aliphatic heterocycles. The summed E-state index contributed by atoms with van der Waals surface area (Å²) >= 11 is 0. The van der Waals surface area contributed by atoms with Crippen molar-refractivity contribution in [2.24, 2.45) is 11.8 Å². The second kappa shape index (κ2) is 6.53. The van der Waals surface area contributed by atoms with Crippen LogP contribution < -0.4 is 5.32 Å². The van der Waals surface area contributed by atoms with E-state index >= 15 is 0 Å². The van der Waals surface area contributed by atoms with Crippen LogP contribution in [0.25, 0.3) is 0 Å². The number of rotatable bonds is 3. The zero-order valence-corrected chi connectivity index (χ0v) is 12.1. The van der Waals surface area contributed by atoms with Crippen LogP contribution in [-0.2, 0) is 4.79 Å². The van der Waals surface area contributed by atoms with Gasteiger partial charge in [-0.1, -0.05) is 18.6 Å². The molecular formula is C15H26N2O2. The minimum absolute atomic E-state index is 0.260. The highest BCUT2D eigenvalue weighted by molar-refractivity contribution is 5.74. The van der Waals surface area contributed by atoms with Crippen LogP contribution in [0.5, 0.6) is 0 Å². The number of aliphatic carboxylic acids is 1. The van der Waals surface area contributed by atoms with Gasteiger partial charge in [-0.2, -0.15) is 0 Å². The number of nitrogens with zero attached hydrogens (tertiary/aromatic N) is 1. The lowest BCUT2D eigenvalue weighted by atomic mass is 9.79. The Kier molecular flexibility index (Phi) is 4.99. The van der Waals surface area contributed by atoms with Crippen molar-refractivity contribution in [1.82, 2.24) is 10.2 Å². The summed E-state index contributed by atoms with van der Waals surface area (Å²) in [6, 6.07) is -0.314. The Labute approximate surface area is 115 Å². The number of carbonyl (C=O) groups is 1. The van der Waals surface area contributed by atoms with E-state index in [2.05, 4.69) is 30.1 Å². The van der Waals surface area contributed by atoms with Gasteiger partial charge in [-0.15, -0.1) is 0 Å². The van der Waals surface area contributed by atoms with Gasteiger partial charge in [-0.05, 0) is 44.6 Å². The lowest BCUT2D eigenvalue weighted by Crippen LogP contribution is -2.48. The molecule has 0 aromatic rings. The summed E-state index contributed by atoms with van der Waals surface area (Å²) < 4.78 is 0. The molecule has 3 atom stereocenters. The maximum Gasteiger partial charge on any atom is 0.321 e. The molecule has 1 aliphatic carbocycles. The number of hydrogen-bond donors (Lipinski definition) is 2. The minimum atomic E-state index is -0.645. The summed E-state index contributed by atoms with van der Waals surface area (Å²) in [7, 11) is 0. The summed E-state index contributed by atoms with van der Waals surface area (Å²) in [5, 5.41) is 13.0. The average molecular weight is 266 g/mol. The molecule has 2 rings (SSSR count). The first-order valence-electron chi connectivity index (χ1n) is 7.43. The van der Waals surface area contributed by atoms with E-state index in [0.29, 0.717) is 5.92 Å². The van der Waals surface area contributed by atoms with E-state index in [1.54, 1.807) is 0 Å². The normalized spacial score (nSPS) is 31.4. The quantitative estimate of drug-likeness (QED) is 0.764. The third-order valence-electron chi connectivity index (χ3n) is 4.30. The largest absolute Gasteiger partial charge is 0.480 e. The van der Waals surface area contributed by atoms with E-state index in [-0.39, 0.29) is 12.0 Å². The summed E-state index contributed by atoms with van der Waals surface area (Å²) in [6.07, 6.45) is 5.27. The summed E-state index contributed by atoms with van der Waals surface area (Å²) in [5.41, 5.74) is 1.35. The Balaban J connectivity index is 2.11. The van der Waals surface area contributed by atoms with Crippen LogP contribution >= 0.6 is 0 Å². The van der Waals surface area contributed by atoms with Crippen molar-refractivity contribution in [3.05, 3.63) is 11.6 Å². The Hall–Kier alpha value is -0.870. The molecule has 0 radical (unpaired) electrons. The Morgan fingerprint density at radius 3 is 2.95 bits per heavy atom. The maximum absolute atomic E-state index is 11.7. The number of carboxylic acids is 1. The Bertz CT molecular complexity index is 346. The van der Waals surface area contributed by atoms with Crippen LogP contribution in [0.1, 0.15) is 33.1 Å². The van der Waals surface area contributed by atoms with Gasteiger partial charge in [0.1, 0.15) is 6.04 Å². The van der Waals surface area contributed by atoms with Crippen molar-refractivity contribution in [3.8, 4) is 0 Å². The maximum atomic E-state index is 11.7. The van der Waals surface area contributed by atoms with Gasteiger partial charge in [0.2, 0.25) is 0 Å². The van der Waals surface area contributed by atoms with Crippen molar-refractivity contribution in [3.63, 3.8) is 0 Å². The topological polar surface area (TPSA) is 52.6 Å². The van der Waals surface area contributed by atoms with Gasteiger partial charge in [0.05, 0.1) is 0 Å². The molecule has 3 unspecified atom stereocenters. The lowest BCUT2D eigenvalue weighted by Gasteiger charge is -2.36. The van der Waals surface area contributed by atoms with Gasteiger partial charge in [0, 0.05) is 19.6 Å². The number of carboxylic acid groups (broad SMARTS) is 1. The molecule has 0 saturated carbocycles. The van der Waals surface area contributed by atoms with Crippen molar-refractivity contribution < 1.29 is 9.90 Å². The van der Waals surface area contributed by atoms with Crippen LogP contribution in [0.3, 0.4) is 0 Å². The first-order chi connectivity index (χ1) is 9.08. The van der Waals surface area contributed by atoms with Crippen LogP contribution in [0.2, 0.25) is 0 Å². The number of nitrogens with one attached hydrogen (secondary N) is 1. The van der Waals surface area contributed by atoms with Gasteiger partial charge >= 0.3 is 5.97 Å². The standard InChI is InChI=1S/C15H26N2O2/c1-11-8-12(2)10-13(9-11)14(15(18)19)17-6-3-4-16-5-7-17/h8,11,13-14,16H,3-7,9-10H2,1-2H3,(H,18,19). The molecule has 1 saturated heterocycles. The fraction of sp³-hybridized carbons (Fsp3) is 0.800. The molecule has 19 heavy (non-hydrogen) atoms.